The topological polar surface area (TPSA) is 17.1 Å². The number of rotatable bonds is 0. The average molecular weight is 294 g/mol. The van der Waals surface area contributed by atoms with Gasteiger partial charge >= 0.3 is 0 Å². The smallest absolute Gasteiger partial charge is 0.164 e. The van der Waals surface area contributed by atoms with Crippen molar-refractivity contribution in [3.05, 3.63) is 106 Å². The fourth-order valence-corrected chi connectivity index (χ4v) is 5.33. The van der Waals surface area contributed by atoms with E-state index in [2.05, 4.69) is 60.7 Å². The molecule has 23 heavy (non-hydrogen) atoms. The molecule has 7 rings (SSSR count). The maximum Gasteiger partial charge on any atom is 0.164 e. The number of ketones is 1. The Morgan fingerprint density at radius 2 is 1.35 bits per heavy atom. The first-order valence-corrected chi connectivity index (χ1v) is 8.18. The van der Waals surface area contributed by atoms with Crippen LogP contribution in [0.5, 0.6) is 0 Å². The zero-order valence-corrected chi connectivity index (χ0v) is 12.5. The summed E-state index contributed by atoms with van der Waals surface area (Å²) in [7, 11) is 0. The molecule has 0 heterocycles. The van der Waals surface area contributed by atoms with Gasteiger partial charge in [0.25, 0.3) is 0 Å². The van der Waals surface area contributed by atoms with E-state index in [1.165, 1.54) is 33.4 Å². The minimum absolute atomic E-state index is 0.259. The van der Waals surface area contributed by atoms with Crippen LogP contribution >= 0.6 is 0 Å². The molecule has 3 aromatic carbocycles. The molecule has 0 unspecified atom stereocenters. The lowest BCUT2D eigenvalue weighted by Gasteiger charge is -2.48. The van der Waals surface area contributed by atoms with E-state index in [0.29, 0.717) is 6.42 Å². The Morgan fingerprint density at radius 1 is 0.739 bits per heavy atom. The lowest BCUT2D eigenvalue weighted by atomic mass is 9.53. The monoisotopic (exact) mass is 294 g/mol. The molecule has 0 saturated carbocycles. The van der Waals surface area contributed by atoms with Crippen molar-refractivity contribution in [2.45, 2.75) is 17.8 Å². The Kier molecular flexibility index (Phi) is 1.87. The number of benzene rings is 3. The lowest BCUT2D eigenvalue weighted by molar-refractivity contribution is 0.0983. The summed E-state index contributed by atoms with van der Waals surface area (Å²) >= 11 is 0. The van der Waals surface area contributed by atoms with Gasteiger partial charge in [-0.05, 0) is 33.4 Å². The van der Waals surface area contributed by atoms with Crippen LogP contribution in [0.25, 0.3) is 0 Å². The number of hydrogen-bond acceptors (Lipinski definition) is 1. The summed E-state index contributed by atoms with van der Waals surface area (Å²) in [4.78, 5) is 12.8. The molecule has 1 nitrogen and oxygen atoms in total. The molecule has 0 aromatic heterocycles. The molecule has 1 spiro atoms. The van der Waals surface area contributed by atoms with Crippen molar-refractivity contribution in [3.8, 4) is 0 Å². The summed E-state index contributed by atoms with van der Waals surface area (Å²) in [5.74, 6) is 0.555. The summed E-state index contributed by atoms with van der Waals surface area (Å²) in [5, 5.41) is 0. The zero-order valence-electron chi connectivity index (χ0n) is 12.5. The summed E-state index contributed by atoms with van der Waals surface area (Å²) in [6, 6.07) is 23.7. The van der Waals surface area contributed by atoms with Gasteiger partial charge < -0.3 is 0 Å². The van der Waals surface area contributed by atoms with Crippen molar-refractivity contribution < 1.29 is 4.79 Å². The minimum Gasteiger partial charge on any atom is -0.294 e. The maximum absolute atomic E-state index is 12.8. The first-order chi connectivity index (χ1) is 11.3. The van der Waals surface area contributed by atoms with E-state index in [1.54, 1.807) is 0 Å². The summed E-state index contributed by atoms with van der Waals surface area (Å²) in [5.41, 5.74) is 8.75. The van der Waals surface area contributed by atoms with Gasteiger partial charge in [0, 0.05) is 17.9 Å². The molecule has 0 fully saturated rings. The van der Waals surface area contributed by atoms with Crippen molar-refractivity contribution in [2.24, 2.45) is 0 Å². The van der Waals surface area contributed by atoms with Crippen LogP contribution in [0.3, 0.4) is 0 Å². The molecule has 108 valence electrons. The molecular formula is C22H14O. The zero-order chi connectivity index (χ0) is 15.2. The molecule has 0 aliphatic heterocycles. The molecule has 4 aliphatic carbocycles. The maximum atomic E-state index is 12.8. The Labute approximate surface area is 134 Å². The van der Waals surface area contributed by atoms with Gasteiger partial charge in [0.1, 0.15) is 0 Å². The second-order valence-electron chi connectivity index (χ2n) is 6.88. The van der Waals surface area contributed by atoms with Gasteiger partial charge in [0.2, 0.25) is 0 Å². The van der Waals surface area contributed by atoms with Gasteiger partial charge in [-0.15, -0.1) is 0 Å². The van der Waals surface area contributed by atoms with Gasteiger partial charge in [-0.3, -0.25) is 4.79 Å². The van der Waals surface area contributed by atoms with Crippen molar-refractivity contribution >= 4 is 5.78 Å². The third kappa shape index (κ3) is 1.11. The van der Waals surface area contributed by atoms with Crippen LogP contribution in [0, 0.1) is 0 Å². The molecule has 0 N–H and O–H groups in total. The van der Waals surface area contributed by atoms with E-state index in [-0.39, 0.29) is 17.1 Å². The van der Waals surface area contributed by atoms with Crippen LogP contribution in [-0.4, -0.2) is 5.78 Å². The van der Waals surface area contributed by atoms with Crippen LogP contribution in [0.1, 0.15) is 56.1 Å². The lowest BCUT2D eigenvalue weighted by Crippen LogP contribution is -2.40. The summed E-state index contributed by atoms with van der Waals surface area (Å²) in [6.45, 7) is 0. The van der Waals surface area contributed by atoms with E-state index in [9.17, 15) is 4.79 Å². The van der Waals surface area contributed by atoms with Crippen LogP contribution < -0.4 is 0 Å². The van der Waals surface area contributed by atoms with Crippen LogP contribution in [0.2, 0.25) is 0 Å². The molecule has 0 radical (unpaired) electrons. The van der Waals surface area contributed by atoms with Crippen LogP contribution in [0.15, 0.2) is 66.7 Å². The van der Waals surface area contributed by atoms with E-state index in [4.69, 9.17) is 0 Å². The van der Waals surface area contributed by atoms with Crippen molar-refractivity contribution in [2.75, 3.05) is 0 Å². The predicted molar refractivity (Wildman–Crippen MR) is 89.1 cm³/mol. The van der Waals surface area contributed by atoms with E-state index in [1.807, 2.05) is 6.07 Å². The van der Waals surface area contributed by atoms with Gasteiger partial charge in [-0.1, -0.05) is 66.7 Å². The van der Waals surface area contributed by atoms with Crippen LogP contribution in [0.4, 0.5) is 0 Å². The Bertz CT molecular complexity index is 980. The molecule has 2 bridgehead atoms. The number of hydrogen-bond donors (Lipinski definition) is 0. The van der Waals surface area contributed by atoms with Crippen LogP contribution in [-0.2, 0) is 5.41 Å². The molecular weight excluding hydrogens is 280 g/mol. The Morgan fingerprint density at radius 3 is 2.04 bits per heavy atom. The van der Waals surface area contributed by atoms with Gasteiger partial charge in [0.05, 0.1) is 5.41 Å². The quantitative estimate of drug-likeness (QED) is 0.600. The highest BCUT2D eigenvalue weighted by atomic mass is 16.1. The van der Waals surface area contributed by atoms with E-state index < -0.39 is 0 Å². The highest BCUT2D eigenvalue weighted by Gasteiger charge is 2.56. The third-order valence-electron chi connectivity index (χ3n) is 6.02. The van der Waals surface area contributed by atoms with Gasteiger partial charge in [-0.2, -0.15) is 0 Å². The number of carbonyl (C=O) groups excluding carboxylic acids is 1. The molecule has 0 amide bonds. The summed E-state index contributed by atoms with van der Waals surface area (Å²) in [6.07, 6.45) is 0.570. The second kappa shape index (κ2) is 3.62. The van der Waals surface area contributed by atoms with Crippen molar-refractivity contribution in [1.82, 2.24) is 0 Å². The highest BCUT2D eigenvalue weighted by molar-refractivity contribution is 6.06. The van der Waals surface area contributed by atoms with Crippen molar-refractivity contribution in [3.63, 3.8) is 0 Å². The predicted octanol–water partition coefficient (Wildman–Crippen LogP) is 4.41. The van der Waals surface area contributed by atoms with Gasteiger partial charge in [-0.25, -0.2) is 0 Å². The molecule has 0 saturated heterocycles. The van der Waals surface area contributed by atoms with Crippen molar-refractivity contribution in [1.29, 1.82) is 0 Å². The molecule has 0 atom stereocenters. The Hall–Kier alpha value is -2.67. The fraction of sp³-hybridized carbons (Fsp3) is 0.136. The Balaban J connectivity index is 1.89. The molecule has 1 heteroatoms. The van der Waals surface area contributed by atoms with E-state index >= 15 is 0 Å². The third-order valence-corrected chi connectivity index (χ3v) is 6.02. The second-order valence-corrected chi connectivity index (χ2v) is 6.88. The largest absolute Gasteiger partial charge is 0.294 e. The molecule has 4 aliphatic rings. The fourth-order valence-electron chi connectivity index (χ4n) is 5.33. The van der Waals surface area contributed by atoms with Gasteiger partial charge in [0.15, 0.2) is 5.78 Å². The normalized spacial score (nSPS) is 25.0. The summed E-state index contributed by atoms with van der Waals surface area (Å²) < 4.78 is 0. The number of Topliss-reactive ketones (excluding diaryl/α,β-unsaturated/α-hetero) is 1. The first kappa shape index (κ1) is 11.8. The molecule has 3 aromatic rings. The van der Waals surface area contributed by atoms with E-state index in [0.717, 1.165) is 5.56 Å². The standard InChI is InChI=1S/C22H14O/c23-19-12-22-17-10-3-1-6-13(17)20(14-7-2-4-11-18(14)22)16-9-5-8-15(19)21(16)22/h1-11,20H,12H2. The average Bonchev–Trinajstić information content (AvgIpc) is 2.91. The minimum atomic E-state index is -0.259. The first-order valence-electron chi connectivity index (χ1n) is 8.18. The SMILES string of the molecule is O=C1CC23c4ccccc4C(c4ccccc42)c2cccc1c23. The number of carbonyl (C=O) groups is 1. The highest BCUT2D eigenvalue weighted by Crippen LogP contribution is 2.63.